The van der Waals surface area contributed by atoms with Crippen molar-refractivity contribution in [1.29, 1.82) is 0 Å². The van der Waals surface area contributed by atoms with Crippen molar-refractivity contribution in [2.45, 2.75) is 32.2 Å². The van der Waals surface area contributed by atoms with Crippen molar-refractivity contribution in [2.24, 2.45) is 0 Å². The van der Waals surface area contributed by atoms with Gasteiger partial charge in [0.2, 0.25) is 0 Å². The number of para-hydroxylation sites is 1. The summed E-state index contributed by atoms with van der Waals surface area (Å²) in [5, 5.41) is 5.93. The van der Waals surface area contributed by atoms with E-state index in [0.717, 1.165) is 37.1 Å². The lowest BCUT2D eigenvalue weighted by Gasteiger charge is -2.19. The van der Waals surface area contributed by atoms with Crippen molar-refractivity contribution in [3.8, 4) is 5.75 Å². The topological polar surface area (TPSA) is 53.6 Å². The SMILES string of the molecule is COc1cccc(CC(C)NC(=O)NCCCCN(C)c2ccccc2)c1. The number of anilines is 1. The van der Waals surface area contributed by atoms with Crippen LogP contribution in [0.15, 0.2) is 54.6 Å². The van der Waals surface area contributed by atoms with Crippen molar-refractivity contribution in [3.05, 3.63) is 60.2 Å². The molecule has 0 heterocycles. The number of urea groups is 1. The van der Waals surface area contributed by atoms with Crippen LogP contribution in [-0.2, 0) is 6.42 Å². The second-order valence-corrected chi connectivity index (χ2v) is 6.82. The number of methoxy groups -OCH3 is 1. The third-order valence-corrected chi connectivity index (χ3v) is 4.46. The van der Waals surface area contributed by atoms with Gasteiger partial charge in [-0.2, -0.15) is 0 Å². The number of carbonyl (C=O) groups excluding carboxylic acids is 1. The van der Waals surface area contributed by atoms with E-state index in [1.165, 1.54) is 5.69 Å². The number of carbonyl (C=O) groups is 1. The molecular weight excluding hydrogens is 338 g/mol. The van der Waals surface area contributed by atoms with Gasteiger partial charge in [-0.15, -0.1) is 0 Å². The number of ether oxygens (including phenoxy) is 1. The Morgan fingerprint density at radius 2 is 1.89 bits per heavy atom. The van der Waals surface area contributed by atoms with Crippen LogP contribution in [0.1, 0.15) is 25.3 Å². The second-order valence-electron chi connectivity index (χ2n) is 6.82. The maximum absolute atomic E-state index is 12.0. The van der Waals surface area contributed by atoms with Crippen LogP contribution in [0.3, 0.4) is 0 Å². The van der Waals surface area contributed by atoms with Gasteiger partial charge in [0.15, 0.2) is 0 Å². The summed E-state index contributed by atoms with van der Waals surface area (Å²) in [5.41, 5.74) is 2.36. The maximum atomic E-state index is 12.0. The molecule has 0 saturated heterocycles. The van der Waals surface area contributed by atoms with Gasteiger partial charge in [0.05, 0.1) is 7.11 Å². The highest BCUT2D eigenvalue weighted by Gasteiger charge is 2.08. The van der Waals surface area contributed by atoms with Crippen molar-refractivity contribution >= 4 is 11.7 Å². The van der Waals surface area contributed by atoms with Gasteiger partial charge in [-0.3, -0.25) is 0 Å². The summed E-state index contributed by atoms with van der Waals surface area (Å²) in [6.07, 6.45) is 2.76. The van der Waals surface area contributed by atoms with E-state index >= 15 is 0 Å². The Hall–Kier alpha value is -2.69. The van der Waals surface area contributed by atoms with Gasteiger partial charge in [-0.25, -0.2) is 4.79 Å². The van der Waals surface area contributed by atoms with Gasteiger partial charge in [0, 0.05) is 31.9 Å². The first kappa shape index (κ1) is 20.6. The normalized spacial score (nSPS) is 11.5. The quantitative estimate of drug-likeness (QED) is 0.626. The molecule has 2 aromatic carbocycles. The minimum atomic E-state index is -0.109. The molecule has 0 aliphatic carbocycles. The molecule has 2 rings (SSSR count). The molecule has 2 aromatic rings. The maximum Gasteiger partial charge on any atom is 0.315 e. The fourth-order valence-corrected chi connectivity index (χ4v) is 2.97. The van der Waals surface area contributed by atoms with Crippen molar-refractivity contribution in [1.82, 2.24) is 10.6 Å². The molecule has 0 spiro atoms. The van der Waals surface area contributed by atoms with E-state index < -0.39 is 0 Å². The van der Waals surface area contributed by atoms with Gasteiger partial charge < -0.3 is 20.3 Å². The molecule has 27 heavy (non-hydrogen) atoms. The summed E-state index contributed by atoms with van der Waals surface area (Å²) in [7, 11) is 3.75. The fourth-order valence-electron chi connectivity index (χ4n) is 2.97. The largest absolute Gasteiger partial charge is 0.497 e. The molecule has 1 atom stereocenters. The van der Waals surface area contributed by atoms with Crippen LogP contribution in [0.25, 0.3) is 0 Å². The molecule has 0 fully saturated rings. The Bertz CT molecular complexity index is 691. The summed E-state index contributed by atoms with van der Waals surface area (Å²) in [5.74, 6) is 0.838. The molecule has 0 saturated carbocycles. The number of hydrogen-bond acceptors (Lipinski definition) is 3. The minimum absolute atomic E-state index is 0.0568. The predicted octanol–water partition coefficient (Wildman–Crippen LogP) is 3.84. The van der Waals surface area contributed by atoms with E-state index in [2.05, 4.69) is 34.7 Å². The minimum Gasteiger partial charge on any atom is -0.497 e. The number of rotatable bonds is 10. The van der Waals surface area contributed by atoms with E-state index in [0.29, 0.717) is 6.54 Å². The van der Waals surface area contributed by atoms with Crippen molar-refractivity contribution in [2.75, 3.05) is 32.1 Å². The first-order valence-corrected chi connectivity index (χ1v) is 9.52. The summed E-state index contributed by atoms with van der Waals surface area (Å²) < 4.78 is 5.24. The smallest absolute Gasteiger partial charge is 0.315 e. The standard InChI is InChI=1S/C22H31N3O2/c1-18(16-19-10-9-13-21(17-19)27-3)24-22(26)23-14-7-8-15-25(2)20-11-5-4-6-12-20/h4-6,9-13,17-18H,7-8,14-16H2,1-3H3,(H2,23,24,26). The van der Waals surface area contributed by atoms with Crippen molar-refractivity contribution in [3.63, 3.8) is 0 Å². The van der Waals surface area contributed by atoms with Gasteiger partial charge >= 0.3 is 6.03 Å². The highest BCUT2D eigenvalue weighted by Crippen LogP contribution is 2.14. The third kappa shape index (κ3) is 7.60. The summed E-state index contributed by atoms with van der Waals surface area (Å²) in [6, 6.07) is 18.2. The first-order valence-electron chi connectivity index (χ1n) is 9.52. The molecule has 0 aromatic heterocycles. The molecule has 0 aliphatic rings. The van der Waals surface area contributed by atoms with Crippen LogP contribution in [0.5, 0.6) is 5.75 Å². The summed E-state index contributed by atoms with van der Waals surface area (Å²) in [6.45, 7) is 3.66. The van der Waals surface area contributed by atoms with Crippen LogP contribution in [0.4, 0.5) is 10.5 Å². The predicted molar refractivity (Wildman–Crippen MR) is 112 cm³/mol. The monoisotopic (exact) mass is 369 g/mol. The Balaban J connectivity index is 1.60. The average molecular weight is 370 g/mol. The molecule has 1 unspecified atom stereocenters. The zero-order valence-corrected chi connectivity index (χ0v) is 16.6. The van der Waals surface area contributed by atoms with Gasteiger partial charge in [0.1, 0.15) is 5.75 Å². The Kier molecular flexibility index (Phi) is 8.49. The molecule has 5 heteroatoms. The molecule has 2 N–H and O–H groups in total. The van der Waals surface area contributed by atoms with Crippen LogP contribution in [0.2, 0.25) is 0 Å². The molecule has 0 bridgehead atoms. The van der Waals surface area contributed by atoms with Crippen LogP contribution in [-0.4, -0.2) is 39.3 Å². The molecule has 0 aliphatic heterocycles. The highest BCUT2D eigenvalue weighted by atomic mass is 16.5. The van der Waals surface area contributed by atoms with Crippen LogP contribution < -0.4 is 20.3 Å². The molecule has 5 nitrogen and oxygen atoms in total. The van der Waals surface area contributed by atoms with E-state index in [-0.39, 0.29) is 12.1 Å². The number of benzene rings is 2. The third-order valence-electron chi connectivity index (χ3n) is 4.46. The van der Waals surface area contributed by atoms with E-state index in [1.807, 2.05) is 49.4 Å². The Morgan fingerprint density at radius 1 is 1.11 bits per heavy atom. The first-order chi connectivity index (χ1) is 13.1. The van der Waals surface area contributed by atoms with Gasteiger partial charge in [-0.1, -0.05) is 30.3 Å². The lowest BCUT2D eigenvalue weighted by atomic mass is 10.1. The molecule has 2 amide bonds. The lowest BCUT2D eigenvalue weighted by molar-refractivity contribution is 0.237. The average Bonchev–Trinajstić information content (AvgIpc) is 2.68. The van der Waals surface area contributed by atoms with Crippen molar-refractivity contribution < 1.29 is 9.53 Å². The van der Waals surface area contributed by atoms with Crippen LogP contribution in [0, 0.1) is 0 Å². The zero-order valence-electron chi connectivity index (χ0n) is 16.6. The number of nitrogens with one attached hydrogen (secondary N) is 2. The van der Waals surface area contributed by atoms with E-state index in [1.54, 1.807) is 7.11 Å². The van der Waals surface area contributed by atoms with Gasteiger partial charge in [0.25, 0.3) is 0 Å². The number of nitrogens with zero attached hydrogens (tertiary/aromatic N) is 1. The van der Waals surface area contributed by atoms with E-state index in [4.69, 9.17) is 4.74 Å². The number of unbranched alkanes of at least 4 members (excludes halogenated alkanes) is 1. The fraction of sp³-hybridized carbons (Fsp3) is 0.409. The second kappa shape index (κ2) is 11.1. The van der Waals surface area contributed by atoms with Gasteiger partial charge in [-0.05, 0) is 56.0 Å². The summed E-state index contributed by atoms with van der Waals surface area (Å²) in [4.78, 5) is 14.3. The summed E-state index contributed by atoms with van der Waals surface area (Å²) >= 11 is 0. The number of amides is 2. The molecular formula is C22H31N3O2. The molecule has 146 valence electrons. The van der Waals surface area contributed by atoms with Crippen LogP contribution >= 0.6 is 0 Å². The molecule has 0 radical (unpaired) electrons. The highest BCUT2D eigenvalue weighted by molar-refractivity contribution is 5.74. The Labute approximate surface area is 162 Å². The zero-order chi connectivity index (χ0) is 19.5. The lowest BCUT2D eigenvalue weighted by Crippen LogP contribution is -2.42. The Morgan fingerprint density at radius 3 is 2.63 bits per heavy atom. The number of hydrogen-bond donors (Lipinski definition) is 2. The van der Waals surface area contributed by atoms with E-state index in [9.17, 15) is 4.79 Å².